The maximum Gasteiger partial charge on any atom is 0.270 e. The van der Waals surface area contributed by atoms with Crippen molar-refractivity contribution in [1.82, 2.24) is 25.2 Å². The highest BCUT2D eigenvalue weighted by Crippen LogP contribution is 2.22. The summed E-state index contributed by atoms with van der Waals surface area (Å²) in [6.07, 6.45) is 2.77. The zero-order valence-corrected chi connectivity index (χ0v) is 17.4. The average Bonchev–Trinajstić information content (AvgIpc) is 3.21. The summed E-state index contributed by atoms with van der Waals surface area (Å²) in [5.74, 6) is -0.00214. The van der Waals surface area contributed by atoms with Crippen molar-refractivity contribution >= 4 is 16.9 Å². The molecule has 3 heterocycles. The monoisotopic (exact) mass is 425 g/mol. The Hall–Kier alpha value is -3.33. The summed E-state index contributed by atoms with van der Waals surface area (Å²) >= 11 is 0. The van der Waals surface area contributed by atoms with Crippen molar-refractivity contribution in [1.29, 1.82) is 0 Å². The van der Waals surface area contributed by atoms with Crippen LogP contribution in [-0.2, 0) is 13.0 Å². The van der Waals surface area contributed by atoms with Crippen LogP contribution in [0.4, 0.5) is 4.39 Å². The number of hydrogen-bond donors (Lipinski definition) is 2. The standard InChI is InChI=1S/C22H24FN5O3/c1-3-17-22(30)27-19-8-13(16(23)9-20(19)26-17)11-28-7-6-15(12-28)31-14-4-5-18(25-10-14)21(29)24-2/h4-5,8-10,15H,3,6-7,11-12H2,1-2H3,(H,24,29)(H,27,30)/t15-/m1/s1. The Bertz CT molecular complexity index is 1160. The van der Waals surface area contributed by atoms with Crippen LogP contribution in [0.2, 0.25) is 0 Å². The minimum atomic E-state index is -0.340. The summed E-state index contributed by atoms with van der Waals surface area (Å²) in [5.41, 5.74) is 1.98. The van der Waals surface area contributed by atoms with Crippen LogP contribution in [0, 0.1) is 5.82 Å². The van der Waals surface area contributed by atoms with Gasteiger partial charge in [-0.25, -0.2) is 14.4 Å². The Morgan fingerprint density at radius 2 is 2.23 bits per heavy atom. The number of aromatic nitrogens is 3. The molecule has 1 fully saturated rings. The van der Waals surface area contributed by atoms with Gasteiger partial charge in [-0.2, -0.15) is 0 Å². The first kappa shape index (κ1) is 20.9. The summed E-state index contributed by atoms with van der Waals surface area (Å²) in [5, 5.41) is 2.52. The molecule has 1 atom stereocenters. The lowest BCUT2D eigenvalue weighted by atomic mass is 10.1. The topological polar surface area (TPSA) is 100 Å². The van der Waals surface area contributed by atoms with E-state index in [9.17, 15) is 14.0 Å². The molecule has 0 spiro atoms. The minimum absolute atomic E-state index is 0.0512. The number of aryl methyl sites for hydroxylation is 1. The number of carbonyl (C=O) groups excluding carboxylic acids is 1. The fourth-order valence-electron chi connectivity index (χ4n) is 3.73. The van der Waals surface area contributed by atoms with Crippen LogP contribution in [0.3, 0.4) is 0 Å². The van der Waals surface area contributed by atoms with Gasteiger partial charge in [0, 0.05) is 38.3 Å². The molecule has 1 amide bonds. The Labute approximate surface area is 178 Å². The van der Waals surface area contributed by atoms with Gasteiger partial charge in [0.05, 0.1) is 17.2 Å². The SMILES string of the molecule is CCc1nc2cc(F)c(CN3CC[C@@H](Oc4ccc(C(=O)NC)nc4)C3)cc2[nH]c1=O. The molecule has 0 bridgehead atoms. The van der Waals surface area contributed by atoms with Crippen LogP contribution < -0.4 is 15.6 Å². The molecular weight excluding hydrogens is 401 g/mol. The number of ether oxygens (including phenoxy) is 1. The van der Waals surface area contributed by atoms with E-state index in [1.54, 1.807) is 25.2 Å². The molecule has 0 saturated carbocycles. The highest BCUT2D eigenvalue weighted by atomic mass is 19.1. The van der Waals surface area contributed by atoms with Crippen LogP contribution in [-0.4, -0.2) is 52.0 Å². The third-order valence-electron chi connectivity index (χ3n) is 5.39. The first-order chi connectivity index (χ1) is 15.0. The Balaban J connectivity index is 1.42. The number of rotatable bonds is 6. The van der Waals surface area contributed by atoms with E-state index in [1.165, 1.54) is 12.3 Å². The molecule has 1 saturated heterocycles. The Morgan fingerprint density at radius 1 is 1.39 bits per heavy atom. The molecule has 2 N–H and O–H groups in total. The average molecular weight is 425 g/mol. The number of nitrogens with zero attached hydrogens (tertiary/aromatic N) is 3. The number of hydrogen-bond acceptors (Lipinski definition) is 6. The van der Waals surface area contributed by atoms with Gasteiger partial charge in [0.15, 0.2) is 0 Å². The van der Waals surface area contributed by atoms with Gasteiger partial charge in [0.1, 0.15) is 29.1 Å². The van der Waals surface area contributed by atoms with E-state index in [0.717, 1.165) is 13.0 Å². The van der Waals surface area contributed by atoms with Crippen LogP contribution in [0.15, 0.2) is 35.3 Å². The molecule has 31 heavy (non-hydrogen) atoms. The molecular formula is C22H24FN5O3. The molecule has 9 heteroatoms. The summed E-state index contributed by atoms with van der Waals surface area (Å²) in [6, 6.07) is 6.37. The van der Waals surface area contributed by atoms with Gasteiger partial charge in [-0.1, -0.05) is 6.92 Å². The second-order valence-corrected chi connectivity index (χ2v) is 7.55. The van der Waals surface area contributed by atoms with Gasteiger partial charge < -0.3 is 15.0 Å². The number of carbonyl (C=O) groups is 1. The van der Waals surface area contributed by atoms with Crippen molar-refractivity contribution in [3.8, 4) is 5.75 Å². The number of fused-ring (bicyclic) bond motifs is 1. The number of nitrogens with one attached hydrogen (secondary N) is 2. The summed E-state index contributed by atoms with van der Waals surface area (Å²) < 4.78 is 20.6. The third-order valence-corrected chi connectivity index (χ3v) is 5.39. The number of benzene rings is 1. The van der Waals surface area contributed by atoms with Crippen LogP contribution >= 0.6 is 0 Å². The van der Waals surface area contributed by atoms with Crippen molar-refractivity contribution < 1.29 is 13.9 Å². The number of amides is 1. The zero-order valence-electron chi connectivity index (χ0n) is 17.4. The minimum Gasteiger partial charge on any atom is -0.487 e. The molecule has 0 unspecified atom stereocenters. The first-order valence-corrected chi connectivity index (χ1v) is 10.2. The molecule has 2 aromatic heterocycles. The lowest BCUT2D eigenvalue weighted by Crippen LogP contribution is -2.25. The smallest absolute Gasteiger partial charge is 0.270 e. The molecule has 3 aromatic rings. The van der Waals surface area contributed by atoms with Crippen molar-refractivity contribution in [2.75, 3.05) is 20.1 Å². The Morgan fingerprint density at radius 3 is 2.94 bits per heavy atom. The van der Waals surface area contributed by atoms with Gasteiger partial charge >= 0.3 is 0 Å². The maximum absolute atomic E-state index is 14.7. The van der Waals surface area contributed by atoms with Gasteiger partial charge in [-0.15, -0.1) is 0 Å². The van der Waals surface area contributed by atoms with Crippen molar-refractivity contribution in [3.05, 3.63) is 63.6 Å². The second-order valence-electron chi connectivity index (χ2n) is 7.55. The maximum atomic E-state index is 14.7. The van der Waals surface area contributed by atoms with E-state index in [-0.39, 0.29) is 23.4 Å². The molecule has 162 valence electrons. The number of pyridine rings is 1. The van der Waals surface area contributed by atoms with E-state index in [0.29, 0.717) is 53.2 Å². The molecule has 4 rings (SSSR count). The lowest BCUT2D eigenvalue weighted by molar-refractivity contribution is 0.0958. The summed E-state index contributed by atoms with van der Waals surface area (Å²) in [6.45, 7) is 3.65. The fourth-order valence-corrected chi connectivity index (χ4v) is 3.73. The summed E-state index contributed by atoms with van der Waals surface area (Å²) in [4.78, 5) is 36.9. The normalized spacial score (nSPS) is 16.5. The quantitative estimate of drug-likeness (QED) is 0.627. The zero-order chi connectivity index (χ0) is 22.0. The van der Waals surface area contributed by atoms with Crippen LogP contribution in [0.5, 0.6) is 5.75 Å². The van der Waals surface area contributed by atoms with Gasteiger partial charge in [0.2, 0.25) is 0 Å². The van der Waals surface area contributed by atoms with Gasteiger partial charge in [0.25, 0.3) is 11.5 Å². The lowest BCUT2D eigenvalue weighted by Gasteiger charge is -2.17. The van der Waals surface area contributed by atoms with Crippen molar-refractivity contribution in [3.63, 3.8) is 0 Å². The second kappa shape index (κ2) is 8.81. The largest absolute Gasteiger partial charge is 0.487 e. The first-order valence-electron chi connectivity index (χ1n) is 10.2. The molecule has 8 nitrogen and oxygen atoms in total. The number of likely N-dealkylation sites (tertiary alicyclic amines) is 1. The van der Waals surface area contributed by atoms with E-state index in [2.05, 4.69) is 25.2 Å². The van der Waals surface area contributed by atoms with Gasteiger partial charge in [-0.05, 0) is 31.0 Å². The number of halogens is 1. The molecule has 1 aliphatic heterocycles. The van der Waals surface area contributed by atoms with Crippen molar-refractivity contribution in [2.45, 2.75) is 32.4 Å². The molecule has 1 aliphatic rings. The van der Waals surface area contributed by atoms with Crippen LogP contribution in [0.25, 0.3) is 11.0 Å². The molecule has 1 aromatic carbocycles. The number of aromatic amines is 1. The van der Waals surface area contributed by atoms with E-state index < -0.39 is 0 Å². The summed E-state index contributed by atoms with van der Waals surface area (Å²) in [7, 11) is 1.55. The predicted octanol–water partition coefficient (Wildman–Crippen LogP) is 2.03. The Kier molecular flexibility index (Phi) is 5.94. The molecule has 0 radical (unpaired) electrons. The van der Waals surface area contributed by atoms with E-state index in [1.807, 2.05) is 6.92 Å². The highest BCUT2D eigenvalue weighted by Gasteiger charge is 2.25. The number of H-pyrrole nitrogens is 1. The third kappa shape index (κ3) is 4.56. The highest BCUT2D eigenvalue weighted by molar-refractivity contribution is 5.91. The predicted molar refractivity (Wildman–Crippen MR) is 114 cm³/mol. The van der Waals surface area contributed by atoms with Gasteiger partial charge in [-0.3, -0.25) is 14.5 Å². The van der Waals surface area contributed by atoms with E-state index >= 15 is 0 Å². The molecule has 0 aliphatic carbocycles. The van der Waals surface area contributed by atoms with Crippen LogP contribution in [0.1, 0.15) is 35.1 Å². The van der Waals surface area contributed by atoms with Crippen molar-refractivity contribution in [2.24, 2.45) is 0 Å². The fraction of sp³-hybridized carbons (Fsp3) is 0.364. The van der Waals surface area contributed by atoms with E-state index in [4.69, 9.17) is 4.74 Å².